The van der Waals surface area contributed by atoms with Crippen molar-refractivity contribution in [1.82, 2.24) is 4.31 Å². The Morgan fingerprint density at radius 3 is 2.30 bits per heavy atom. The molecule has 1 aromatic carbocycles. The third-order valence-electron chi connectivity index (χ3n) is 2.53. The van der Waals surface area contributed by atoms with Gasteiger partial charge in [0.25, 0.3) is 0 Å². The Hall–Kier alpha value is -1.02. The van der Waals surface area contributed by atoms with E-state index in [0.717, 1.165) is 4.31 Å². The Morgan fingerprint density at radius 1 is 1.30 bits per heavy atom. The lowest BCUT2D eigenvalue weighted by Crippen LogP contribution is -2.32. The second-order valence-corrected chi connectivity index (χ2v) is 6.76. The first-order valence-electron chi connectivity index (χ1n) is 5.69. The van der Waals surface area contributed by atoms with E-state index in [9.17, 15) is 12.8 Å². The maximum absolute atomic E-state index is 14.2. The standard InChI is InChI=1S/C13H15BrFNO3S/c1-3-5-16(6-4-2)20(18,19)12-8-11(14)7-10(9-17)13(12)15/h3-4,7-8,17H,1-2,5-6,9H2. The molecule has 20 heavy (non-hydrogen) atoms. The topological polar surface area (TPSA) is 57.6 Å². The van der Waals surface area contributed by atoms with Crippen LogP contribution in [0.5, 0.6) is 0 Å². The van der Waals surface area contributed by atoms with Crippen molar-refractivity contribution in [3.8, 4) is 0 Å². The van der Waals surface area contributed by atoms with Crippen LogP contribution in [0.15, 0.2) is 46.8 Å². The number of nitrogens with zero attached hydrogens (tertiary/aromatic N) is 1. The zero-order chi connectivity index (χ0) is 15.3. The predicted octanol–water partition coefficient (Wildman–Crippen LogP) is 2.44. The molecule has 110 valence electrons. The molecular weight excluding hydrogens is 349 g/mol. The van der Waals surface area contributed by atoms with Crippen molar-refractivity contribution in [2.45, 2.75) is 11.5 Å². The quantitative estimate of drug-likeness (QED) is 0.757. The molecule has 0 aliphatic carbocycles. The molecule has 0 bridgehead atoms. The number of halogens is 2. The predicted molar refractivity (Wildman–Crippen MR) is 79.2 cm³/mol. The molecule has 0 radical (unpaired) electrons. The number of aliphatic hydroxyl groups excluding tert-OH is 1. The van der Waals surface area contributed by atoms with Crippen LogP contribution in [0.1, 0.15) is 5.56 Å². The molecule has 0 spiro atoms. The van der Waals surface area contributed by atoms with Crippen molar-refractivity contribution < 1.29 is 17.9 Å². The van der Waals surface area contributed by atoms with Gasteiger partial charge in [-0.05, 0) is 12.1 Å². The molecule has 1 N–H and O–H groups in total. The molecule has 0 aromatic heterocycles. The molecule has 4 nitrogen and oxygen atoms in total. The van der Waals surface area contributed by atoms with Crippen LogP contribution in [0.25, 0.3) is 0 Å². The lowest BCUT2D eigenvalue weighted by atomic mass is 10.2. The molecule has 0 fully saturated rings. The first-order chi connectivity index (χ1) is 9.38. The summed E-state index contributed by atoms with van der Waals surface area (Å²) in [6, 6.07) is 2.50. The van der Waals surface area contributed by atoms with Crippen molar-refractivity contribution >= 4 is 26.0 Å². The van der Waals surface area contributed by atoms with Gasteiger partial charge in [0.15, 0.2) is 0 Å². The van der Waals surface area contributed by atoms with Crippen LogP contribution < -0.4 is 0 Å². The van der Waals surface area contributed by atoms with E-state index in [1.165, 1.54) is 24.3 Å². The van der Waals surface area contributed by atoms with Gasteiger partial charge in [-0.15, -0.1) is 13.2 Å². The number of benzene rings is 1. The van der Waals surface area contributed by atoms with Gasteiger partial charge in [-0.2, -0.15) is 4.31 Å². The van der Waals surface area contributed by atoms with Crippen LogP contribution in [-0.2, 0) is 16.6 Å². The van der Waals surface area contributed by atoms with Gasteiger partial charge >= 0.3 is 0 Å². The Bertz CT molecular complexity index is 606. The summed E-state index contributed by atoms with van der Waals surface area (Å²) < 4.78 is 40.4. The summed E-state index contributed by atoms with van der Waals surface area (Å²) in [5.41, 5.74) is -0.0879. The highest BCUT2D eigenvalue weighted by Gasteiger charge is 2.27. The van der Waals surface area contributed by atoms with E-state index in [1.807, 2.05) is 0 Å². The monoisotopic (exact) mass is 363 g/mol. The van der Waals surface area contributed by atoms with E-state index in [1.54, 1.807) is 0 Å². The second-order valence-electron chi connectivity index (χ2n) is 3.93. The Kier molecular flexibility index (Phi) is 6.07. The van der Waals surface area contributed by atoms with Gasteiger partial charge in [0.2, 0.25) is 10.0 Å². The molecule has 0 heterocycles. The van der Waals surface area contributed by atoms with E-state index in [0.29, 0.717) is 4.47 Å². The van der Waals surface area contributed by atoms with Crippen LogP contribution in [0.2, 0.25) is 0 Å². The van der Waals surface area contributed by atoms with Crippen LogP contribution in [0, 0.1) is 5.82 Å². The number of hydrogen-bond donors (Lipinski definition) is 1. The molecule has 0 aliphatic rings. The van der Waals surface area contributed by atoms with Crippen molar-refractivity contribution in [3.05, 3.63) is 53.3 Å². The molecule has 0 saturated heterocycles. The number of sulfonamides is 1. The van der Waals surface area contributed by atoms with Crippen molar-refractivity contribution in [2.24, 2.45) is 0 Å². The first-order valence-corrected chi connectivity index (χ1v) is 7.92. The van der Waals surface area contributed by atoms with E-state index < -0.39 is 27.3 Å². The lowest BCUT2D eigenvalue weighted by Gasteiger charge is -2.20. The Balaban J connectivity index is 3.43. The van der Waals surface area contributed by atoms with Gasteiger partial charge in [0.05, 0.1) is 6.61 Å². The van der Waals surface area contributed by atoms with Crippen molar-refractivity contribution in [2.75, 3.05) is 13.1 Å². The summed E-state index contributed by atoms with van der Waals surface area (Å²) in [6.07, 6.45) is 2.81. The number of aliphatic hydroxyl groups is 1. The molecule has 0 saturated carbocycles. The summed E-state index contributed by atoms with van der Waals surface area (Å²) in [6.45, 7) is 6.45. The highest BCUT2D eigenvalue weighted by molar-refractivity contribution is 9.10. The second kappa shape index (κ2) is 7.12. The average Bonchev–Trinajstić information content (AvgIpc) is 2.40. The Labute approximate surface area is 126 Å². The normalized spacial score (nSPS) is 11.6. The number of hydrogen-bond acceptors (Lipinski definition) is 3. The highest BCUT2D eigenvalue weighted by atomic mass is 79.9. The third kappa shape index (κ3) is 3.54. The summed E-state index contributed by atoms with van der Waals surface area (Å²) >= 11 is 3.11. The van der Waals surface area contributed by atoms with Gasteiger partial charge in [0.1, 0.15) is 10.7 Å². The largest absolute Gasteiger partial charge is 0.392 e. The summed E-state index contributed by atoms with van der Waals surface area (Å²) in [7, 11) is -4.04. The highest BCUT2D eigenvalue weighted by Crippen LogP contribution is 2.26. The summed E-state index contributed by atoms with van der Waals surface area (Å²) in [5, 5.41) is 9.08. The Morgan fingerprint density at radius 2 is 1.85 bits per heavy atom. The third-order valence-corrected chi connectivity index (χ3v) is 4.82. The van der Waals surface area contributed by atoms with Crippen LogP contribution in [0.3, 0.4) is 0 Å². The summed E-state index contributed by atoms with van der Waals surface area (Å²) in [4.78, 5) is -0.486. The maximum atomic E-state index is 14.2. The van der Waals surface area contributed by atoms with Crippen LogP contribution in [0.4, 0.5) is 4.39 Å². The molecule has 1 rings (SSSR count). The molecule has 0 aliphatic heterocycles. The zero-order valence-corrected chi connectivity index (χ0v) is 13.1. The van der Waals surface area contributed by atoms with Crippen molar-refractivity contribution in [1.29, 1.82) is 0 Å². The maximum Gasteiger partial charge on any atom is 0.246 e. The van der Waals surface area contributed by atoms with Gasteiger partial charge in [0, 0.05) is 23.1 Å². The molecular formula is C13H15BrFNO3S. The number of rotatable bonds is 7. The van der Waals surface area contributed by atoms with Crippen LogP contribution in [-0.4, -0.2) is 30.9 Å². The van der Waals surface area contributed by atoms with Crippen LogP contribution >= 0.6 is 15.9 Å². The summed E-state index contributed by atoms with van der Waals surface area (Å²) in [5.74, 6) is -0.950. The molecule has 0 atom stereocenters. The minimum atomic E-state index is -4.04. The first kappa shape index (κ1) is 17.0. The van der Waals surface area contributed by atoms with E-state index in [2.05, 4.69) is 29.1 Å². The van der Waals surface area contributed by atoms with E-state index in [4.69, 9.17) is 5.11 Å². The fourth-order valence-electron chi connectivity index (χ4n) is 1.62. The smallest absolute Gasteiger partial charge is 0.246 e. The molecule has 0 unspecified atom stereocenters. The minimum Gasteiger partial charge on any atom is -0.392 e. The van der Waals surface area contributed by atoms with Gasteiger partial charge in [-0.25, -0.2) is 12.8 Å². The lowest BCUT2D eigenvalue weighted by molar-refractivity contribution is 0.274. The molecule has 0 amide bonds. The van der Waals surface area contributed by atoms with Gasteiger partial charge in [-0.1, -0.05) is 28.1 Å². The van der Waals surface area contributed by atoms with E-state index in [-0.39, 0.29) is 18.7 Å². The molecule has 7 heteroatoms. The molecule has 1 aromatic rings. The zero-order valence-electron chi connectivity index (χ0n) is 10.7. The average molecular weight is 364 g/mol. The SMILES string of the molecule is C=CCN(CC=C)S(=O)(=O)c1cc(Br)cc(CO)c1F. The van der Waals surface area contributed by atoms with Gasteiger partial charge in [-0.3, -0.25) is 0 Å². The van der Waals surface area contributed by atoms with E-state index >= 15 is 0 Å². The van der Waals surface area contributed by atoms with Crippen molar-refractivity contribution in [3.63, 3.8) is 0 Å². The minimum absolute atomic E-state index is 0.0365. The fourth-order valence-corrected chi connectivity index (χ4v) is 3.79. The van der Waals surface area contributed by atoms with Gasteiger partial charge < -0.3 is 5.11 Å². The fraction of sp³-hybridized carbons (Fsp3) is 0.231.